The molecule has 0 amide bonds. The van der Waals surface area contributed by atoms with Crippen molar-refractivity contribution in [1.29, 1.82) is 5.26 Å². The highest BCUT2D eigenvalue weighted by atomic mass is 79.9. The third-order valence-electron chi connectivity index (χ3n) is 2.66. The van der Waals surface area contributed by atoms with Gasteiger partial charge in [0.05, 0.1) is 29.7 Å². The van der Waals surface area contributed by atoms with E-state index in [2.05, 4.69) is 27.3 Å². The van der Waals surface area contributed by atoms with Crippen LogP contribution in [0, 0.1) is 11.3 Å². The molecule has 96 valence electrons. The van der Waals surface area contributed by atoms with Crippen molar-refractivity contribution in [1.82, 2.24) is 0 Å². The SMILES string of the molecule is COc1cccc(Nc2cc(Br)ccc2C#N)c1N. The molecule has 2 aromatic rings. The summed E-state index contributed by atoms with van der Waals surface area (Å²) in [4.78, 5) is 0. The lowest BCUT2D eigenvalue weighted by atomic mass is 10.1. The standard InChI is InChI=1S/C14H12BrN3O/c1-19-13-4-2-3-11(14(13)17)18-12-7-10(15)6-5-9(12)8-16/h2-7,18H,17H2,1H3. The lowest BCUT2D eigenvalue weighted by molar-refractivity contribution is 0.417. The second-order valence-corrected chi connectivity index (χ2v) is 4.76. The van der Waals surface area contributed by atoms with Crippen LogP contribution in [-0.4, -0.2) is 7.11 Å². The molecule has 0 spiro atoms. The van der Waals surface area contributed by atoms with E-state index in [-0.39, 0.29) is 0 Å². The molecule has 3 N–H and O–H groups in total. The van der Waals surface area contributed by atoms with Crippen LogP contribution in [0.25, 0.3) is 0 Å². The Morgan fingerprint density at radius 3 is 2.74 bits per heavy atom. The Labute approximate surface area is 119 Å². The quantitative estimate of drug-likeness (QED) is 0.847. The first kappa shape index (κ1) is 13.2. The van der Waals surface area contributed by atoms with Gasteiger partial charge in [-0.25, -0.2) is 0 Å². The molecular formula is C14H12BrN3O. The summed E-state index contributed by atoms with van der Waals surface area (Å²) < 4.78 is 6.05. The van der Waals surface area contributed by atoms with Crippen molar-refractivity contribution in [2.24, 2.45) is 0 Å². The molecule has 2 rings (SSSR count). The summed E-state index contributed by atoms with van der Waals surface area (Å²) in [5.74, 6) is 0.596. The Balaban J connectivity index is 2.42. The fourth-order valence-corrected chi connectivity index (χ4v) is 2.05. The van der Waals surface area contributed by atoms with Gasteiger partial charge >= 0.3 is 0 Å². The number of nitrogens with two attached hydrogens (primary N) is 1. The van der Waals surface area contributed by atoms with Gasteiger partial charge < -0.3 is 15.8 Å². The number of nitrogens with zero attached hydrogens (tertiary/aromatic N) is 1. The first-order valence-corrected chi connectivity index (χ1v) is 6.34. The number of methoxy groups -OCH3 is 1. The summed E-state index contributed by atoms with van der Waals surface area (Å²) in [6.07, 6.45) is 0. The Morgan fingerprint density at radius 1 is 1.26 bits per heavy atom. The van der Waals surface area contributed by atoms with Gasteiger partial charge in [-0.15, -0.1) is 0 Å². The minimum Gasteiger partial charge on any atom is -0.495 e. The van der Waals surface area contributed by atoms with E-state index in [1.54, 1.807) is 19.2 Å². The summed E-state index contributed by atoms with van der Waals surface area (Å²) in [5, 5.41) is 12.2. The number of anilines is 3. The highest BCUT2D eigenvalue weighted by Gasteiger charge is 2.08. The largest absolute Gasteiger partial charge is 0.495 e. The van der Waals surface area contributed by atoms with Crippen LogP contribution in [0.5, 0.6) is 5.75 Å². The molecule has 0 unspecified atom stereocenters. The predicted octanol–water partition coefficient (Wildman–Crippen LogP) is 3.66. The molecule has 0 aliphatic rings. The van der Waals surface area contributed by atoms with Gasteiger partial charge in [0, 0.05) is 4.47 Å². The smallest absolute Gasteiger partial charge is 0.143 e. The van der Waals surface area contributed by atoms with Gasteiger partial charge in [0.15, 0.2) is 0 Å². The second kappa shape index (κ2) is 5.63. The maximum absolute atomic E-state index is 9.10. The van der Waals surface area contributed by atoms with E-state index in [9.17, 15) is 0 Å². The highest BCUT2D eigenvalue weighted by molar-refractivity contribution is 9.10. The Bertz CT molecular complexity index is 650. The summed E-state index contributed by atoms with van der Waals surface area (Å²) >= 11 is 3.38. The van der Waals surface area contributed by atoms with E-state index < -0.39 is 0 Å². The predicted molar refractivity (Wildman–Crippen MR) is 79.5 cm³/mol. The number of benzene rings is 2. The minimum absolute atomic E-state index is 0.508. The molecule has 4 nitrogen and oxygen atoms in total. The van der Waals surface area contributed by atoms with Crippen molar-refractivity contribution in [3.8, 4) is 11.8 Å². The van der Waals surface area contributed by atoms with Crippen molar-refractivity contribution in [3.05, 3.63) is 46.4 Å². The number of halogens is 1. The van der Waals surface area contributed by atoms with Gasteiger partial charge in [-0.05, 0) is 30.3 Å². The number of hydrogen-bond acceptors (Lipinski definition) is 4. The van der Waals surface area contributed by atoms with Crippen LogP contribution in [-0.2, 0) is 0 Å². The van der Waals surface area contributed by atoms with Crippen LogP contribution in [0.15, 0.2) is 40.9 Å². The molecule has 0 aliphatic heterocycles. The van der Waals surface area contributed by atoms with Crippen LogP contribution in [0.4, 0.5) is 17.1 Å². The average Bonchev–Trinajstić information content (AvgIpc) is 2.41. The average molecular weight is 318 g/mol. The van der Waals surface area contributed by atoms with Crippen LogP contribution in [0.1, 0.15) is 5.56 Å². The molecule has 0 heterocycles. The van der Waals surface area contributed by atoms with E-state index in [4.69, 9.17) is 15.7 Å². The number of para-hydroxylation sites is 1. The normalized spacial score (nSPS) is 9.74. The molecule has 2 aromatic carbocycles. The van der Waals surface area contributed by atoms with Crippen molar-refractivity contribution >= 4 is 33.0 Å². The molecule has 0 saturated heterocycles. The fourth-order valence-electron chi connectivity index (χ4n) is 1.69. The zero-order valence-corrected chi connectivity index (χ0v) is 11.9. The van der Waals surface area contributed by atoms with Gasteiger partial charge in [-0.2, -0.15) is 5.26 Å². The molecule has 0 bridgehead atoms. The van der Waals surface area contributed by atoms with Crippen molar-refractivity contribution in [2.75, 3.05) is 18.2 Å². The number of rotatable bonds is 3. The van der Waals surface area contributed by atoms with E-state index >= 15 is 0 Å². The first-order valence-electron chi connectivity index (χ1n) is 5.55. The van der Waals surface area contributed by atoms with Gasteiger partial charge in [0.2, 0.25) is 0 Å². The maximum atomic E-state index is 9.10. The lowest BCUT2D eigenvalue weighted by Crippen LogP contribution is -2.00. The van der Waals surface area contributed by atoms with Crippen molar-refractivity contribution in [2.45, 2.75) is 0 Å². The molecule has 0 aliphatic carbocycles. The van der Waals surface area contributed by atoms with E-state index in [1.807, 2.05) is 24.3 Å². The number of nitriles is 1. The third-order valence-corrected chi connectivity index (χ3v) is 3.15. The lowest BCUT2D eigenvalue weighted by Gasteiger charge is -2.13. The van der Waals surface area contributed by atoms with Crippen LogP contribution in [0.3, 0.4) is 0 Å². The second-order valence-electron chi connectivity index (χ2n) is 3.85. The van der Waals surface area contributed by atoms with E-state index in [1.165, 1.54) is 0 Å². The van der Waals surface area contributed by atoms with Crippen LogP contribution < -0.4 is 15.8 Å². The summed E-state index contributed by atoms with van der Waals surface area (Å²) in [6, 6.07) is 13.0. The monoisotopic (exact) mass is 317 g/mol. The molecule has 0 atom stereocenters. The molecule has 5 heteroatoms. The zero-order chi connectivity index (χ0) is 13.8. The van der Waals surface area contributed by atoms with Crippen molar-refractivity contribution < 1.29 is 4.74 Å². The molecule has 0 fully saturated rings. The van der Waals surface area contributed by atoms with Gasteiger partial charge in [-0.3, -0.25) is 0 Å². The van der Waals surface area contributed by atoms with Crippen LogP contribution in [0.2, 0.25) is 0 Å². The number of hydrogen-bond donors (Lipinski definition) is 2. The zero-order valence-electron chi connectivity index (χ0n) is 10.3. The number of nitrogen functional groups attached to an aromatic ring is 1. The maximum Gasteiger partial charge on any atom is 0.143 e. The Morgan fingerprint density at radius 2 is 2.05 bits per heavy atom. The Kier molecular flexibility index (Phi) is 3.93. The van der Waals surface area contributed by atoms with E-state index in [0.717, 1.165) is 4.47 Å². The topological polar surface area (TPSA) is 71.1 Å². The highest BCUT2D eigenvalue weighted by Crippen LogP contribution is 2.33. The van der Waals surface area contributed by atoms with Crippen LogP contribution >= 0.6 is 15.9 Å². The fraction of sp³-hybridized carbons (Fsp3) is 0.0714. The molecule has 19 heavy (non-hydrogen) atoms. The summed E-state index contributed by atoms with van der Waals surface area (Å²) in [5.41, 5.74) is 8.44. The number of nitrogens with one attached hydrogen (secondary N) is 1. The summed E-state index contributed by atoms with van der Waals surface area (Å²) in [7, 11) is 1.56. The molecule has 0 aromatic heterocycles. The Hall–Kier alpha value is -2.19. The van der Waals surface area contributed by atoms with Crippen molar-refractivity contribution in [3.63, 3.8) is 0 Å². The van der Waals surface area contributed by atoms with Gasteiger partial charge in [0.1, 0.15) is 11.8 Å². The van der Waals surface area contributed by atoms with Gasteiger partial charge in [0.25, 0.3) is 0 Å². The van der Waals surface area contributed by atoms with E-state index in [0.29, 0.717) is 28.4 Å². The molecule has 0 saturated carbocycles. The number of ether oxygens (including phenoxy) is 1. The minimum atomic E-state index is 0.508. The van der Waals surface area contributed by atoms with Gasteiger partial charge in [-0.1, -0.05) is 22.0 Å². The first-order chi connectivity index (χ1) is 9.15. The third kappa shape index (κ3) is 2.80. The molecule has 0 radical (unpaired) electrons. The molecular weight excluding hydrogens is 306 g/mol. The summed E-state index contributed by atoms with van der Waals surface area (Å²) in [6.45, 7) is 0.